The number of fused-ring (bicyclic) bond motifs is 1. The van der Waals surface area contributed by atoms with Gasteiger partial charge >= 0.3 is 11.9 Å². The second-order valence-electron chi connectivity index (χ2n) is 7.45. The van der Waals surface area contributed by atoms with Crippen LogP contribution in [0, 0.1) is 10.1 Å². The van der Waals surface area contributed by atoms with Gasteiger partial charge in [0.15, 0.2) is 0 Å². The molecule has 0 unspecified atom stereocenters. The Bertz CT molecular complexity index is 1540. The number of carbonyl (C=O) groups excluding carboxylic acids is 3. The Morgan fingerprint density at radius 1 is 0.917 bits per heavy atom. The molecule has 0 radical (unpaired) electrons. The molecule has 0 fully saturated rings. The average Bonchev–Trinajstić information content (AvgIpc) is 3.26. The number of rotatable bonds is 7. The maximum absolute atomic E-state index is 13.6. The van der Waals surface area contributed by atoms with Gasteiger partial charge in [0.25, 0.3) is 5.69 Å². The average molecular weight is 489 g/mol. The van der Waals surface area contributed by atoms with E-state index in [0.717, 1.165) is 20.3 Å². The number of carbonyl (C=O) groups is 3. The first kappa shape index (κ1) is 24.1. The number of hydrogen-bond acceptors (Lipinski definition) is 9. The number of nitro benzene ring substituents is 1. The molecule has 0 N–H and O–H groups in total. The van der Waals surface area contributed by atoms with Crippen molar-refractivity contribution in [3.8, 4) is 17.0 Å². The van der Waals surface area contributed by atoms with Crippen LogP contribution < -0.4 is 4.74 Å². The molecule has 0 aliphatic heterocycles. The summed E-state index contributed by atoms with van der Waals surface area (Å²) in [6.45, 7) is 0. The number of aromatic nitrogens is 2. The van der Waals surface area contributed by atoms with Crippen molar-refractivity contribution in [1.82, 2.24) is 9.38 Å². The molecule has 2 heterocycles. The zero-order valence-corrected chi connectivity index (χ0v) is 19.4. The molecule has 2 aromatic carbocycles. The molecule has 0 saturated carbocycles. The number of benzene rings is 2. The summed E-state index contributed by atoms with van der Waals surface area (Å²) in [5.74, 6) is -2.09. The smallest absolute Gasteiger partial charge is 0.341 e. The van der Waals surface area contributed by atoms with Crippen molar-refractivity contribution < 1.29 is 33.5 Å². The lowest BCUT2D eigenvalue weighted by atomic mass is 10.0. The Labute approximate surface area is 204 Å². The SMILES string of the molecule is COC(=O)c1c(C(=O)OC)c2cc(-c3ccccc3OC)ncn2c1C(=O)c1cccc([N+](=O)[O-])c1. The second-order valence-corrected chi connectivity index (χ2v) is 7.45. The lowest BCUT2D eigenvalue weighted by molar-refractivity contribution is -0.384. The van der Waals surface area contributed by atoms with Crippen molar-refractivity contribution in [2.75, 3.05) is 21.3 Å². The van der Waals surface area contributed by atoms with Crippen molar-refractivity contribution in [3.05, 3.63) is 93.4 Å². The van der Waals surface area contributed by atoms with E-state index >= 15 is 0 Å². The van der Waals surface area contributed by atoms with Crippen LogP contribution in [0.4, 0.5) is 5.69 Å². The summed E-state index contributed by atoms with van der Waals surface area (Å²) in [6.07, 6.45) is 1.28. The number of hydrogen-bond donors (Lipinski definition) is 0. The fourth-order valence-corrected chi connectivity index (χ4v) is 3.89. The molecule has 182 valence electrons. The number of esters is 2. The molecule has 0 aliphatic rings. The van der Waals surface area contributed by atoms with Gasteiger partial charge in [0.2, 0.25) is 5.78 Å². The van der Waals surface area contributed by atoms with Crippen molar-refractivity contribution >= 4 is 28.9 Å². The molecule has 4 aromatic rings. The molecule has 36 heavy (non-hydrogen) atoms. The summed E-state index contributed by atoms with van der Waals surface area (Å²) in [5, 5.41) is 11.2. The van der Waals surface area contributed by atoms with E-state index in [1.807, 2.05) is 0 Å². The predicted molar refractivity (Wildman–Crippen MR) is 126 cm³/mol. The van der Waals surface area contributed by atoms with Crippen LogP contribution in [0.15, 0.2) is 60.9 Å². The second kappa shape index (κ2) is 9.66. The van der Waals surface area contributed by atoms with E-state index in [1.54, 1.807) is 24.3 Å². The van der Waals surface area contributed by atoms with Crippen LogP contribution >= 0.6 is 0 Å². The number of ketones is 1. The molecule has 0 amide bonds. The Morgan fingerprint density at radius 3 is 2.28 bits per heavy atom. The van der Waals surface area contributed by atoms with Gasteiger partial charge in [-0.3, -0.25) is 19.3 Å². The van der Waals surface area contributed by atoms with Crippen molar-refractivity contribution in [3.63, 3.8) is 0 Å². The minimum Gasteiger partial charge on any atom is -0.496 e. The molecule has 0 atom stereocenters. The molecule has 0 aliphatic carbocycles. The quantitative estimate of drug-likeness (QED) is 0.164. The highest BCUT2D eigenvalue weighted by Crippen LogP contribution is 2.33. The lowest BCUT2D eigenvalue weighted by Gasteiger charge is -2.09. The predicted octanol–water partition coefficient (Wildman–Crippen LogP) is 3.72. The number of para-hydroxylation sites is 1. The van der Waals surface area contributed by atoms with Crippen LogP contribution in [0.25, 0.3) is 16.8 Å². The Hall–Kier alpha value is -5.06. The van der Waals surface area contributed by atoms with Crippen molar-refractivity contribution in [2.45, 2.75) is 0 Å². The number of nitrogens with zero attached hydrogens (tertiary/aromatic N) is 3. The minimum atomic E-state index is -0.966. The highest BCUT2D eigenvalue weighted by Gasteiger charge is 2.34. The van der Waals surface area contributed by atoms with Crippen LogP contribution in [0.5, 0.6) is 5.75 Å². The van der Waals surface area contributed by atoms with Gasteiger partial charge in [0.05, 0.1) is 37.5 Å². The zero-order valence-electron chi connectivity index (χ0n) is 19.4. The van der Waals surface area contributed by atoms with E-state index in [1.165, 1.54) is 42.1 Å². The zero-order chi connectivity index (χ0) is 26.0. The van der Waals surface area contributed by atoms with Gasteiger partial charge in [0.1, 0.15) is 28.9 Å². The molecule has 11 heteroatoms. The first-order chi connectivity index (χ1) is 17.3. The summed E-state index contributed by atoms with van der Waals surface area (Å²) in [7, 11) is 3.74. The molecule has 0 spiro atoms. The molecular weight excluding hydrogens is 470 g/mol. The monoisotopic (exact) mass is 489 g/mol. The third-order valence-electron chi connectivity index (χ3n) is 5.53. The van der Waals surface area contributed by atoms with Crippen LogP contribution in [-0.2, 0) is 9.47 Å². The number of ether oxygens (including phenoxy) is 3. The largest absolute Gasteiger partial charge is 0.496 e. The van der Waals surface area contributed by atoms with Gasteiger partial charge in [-0.2, -0.15) is 0 Å². The number of nitro groups is 1. The maximum atomic E-state index is 13.6. The van der Waals surface area contributed by atoms with E-state index < -0.39 is 22.6 Å². The van der Waals surface area contributed by atoms with E-state index in [9.17, 15) is 24.5 Å². The first-order valence-electron chi connectivity index (χ1n) is 10.5. The van der Waals surface area contributed by atoms with E-state index in [0.29, 0.717) is 17.0 Å². The van der Waals surface area contributed by atoms with Gasteiger partial charge < -0.3 is 14.2 Å². The fourth-order valence-electron chi connectivity index (χ4n) is 3.89. The summed E-state index contributed by atoms with van der Waals surface area (Å²) >= 11 is 0. The highest BCUT2D eigenvalue weighted by atomic mass is 16.6. The summed E-state index contributed by atoms with van der Waals surface area (Å²) < 4.78 is 16.5. The molecule has 4 rings (SSSR count). The molecule has 2 aromatic heterocycles. The van der Waals surface area contributed by atoms with Crippen LogP contribution in [0.1, 0.15) is 36.8 Å². The van der Waals surface area contributed by atoms with Gasteiger partial charge in [-0.25, -0.2) is 14.6 Å². The fraction of sp³-hybridized carbons (Fsp3) is 0.120. The third kappa shape index (κ3) is 4.02. The van der Waals surface area contributed by atoms with Gasteiger partial charge in [-0.1, -0.05) is 24.3 Å². The minimum absolute atomic E-state index is 0.0704. The van der Waals surface area contributed by atoms with Gasteiger partial charge in [-0.15, -0.1) is 0 Å². The van der Waals surface area contributed by atoms with Crippen molar-refractivity contribution in [2.24, 2.45) is 0 Å². The normalized spacial score (nSPS) is 10.6. The summed E-state index contributed by atoms with van der Waals surface area (Å²) in [6, 6.07) is 13.6. The van der Waals surface area contributed by atoms with Gasteiger partial charge in [0, 0.05) is 23.3 Å². The molecule has 11 nitrogen and oxygen atoms in total. The lowest BCUT2D eigenvalue weighted by Crippen LogP contribution is -2.15. The van der Waals surface area contributed by atoms with Crippen LogP contribution in [0.3, 0.4) is 0 Å². The standard InChI is InChI=1S/C25H19N3O8/c1-34-19-10-5-4-9-16(19)17-12-18-20(24(30)35-2)21(25(31)36-3)22(27(18)13-26-17)23(29)14-7-6-8-15(11-14)28(32)33/h4-13H,1-3H3. The topological polar surface area (TPSA) is 139 Å². The first-order valence-corrected chi connectivity index (χ1v) is 10.5. The van der Waals surface area contributed by atoms with Gasteiger partial charge in [-0.05, 0) is 18.2 Å². The molecule has 0 bridgehead atoms. The van der Waals surface area contributed by atoms with E-state index in [2.05, 4.69) is 4.98 Å². The number of methoxy groups -OCH3 is 3. The Balaban J connectivity index is 2.06. The van der Waals surface area contributed by atoms with E-state index in [-0.39, 0.29) is 33.6 Å². The van der Waals surface area contributed by atoms with E-state index in [4.69, 9.17) is 14.2 Å². The molecule has 0 saturated heterocycles. The third-order valence-corrected chi connectivity index (χ3v) is 5.53. The Morgan fingerprint density at radius 2 is 1.61 bits per heavy atom. The maximum Gasteiger partial charge on any atom is 0.341 e. The molecular formula is C25H19N3O8. The summed E-state index contributed by atoms with van der Waals surface area (Å²) in [4.78, 5) is 54.3. The van der Waals surface area contributed by atoms with Crippen LogP contribution in [-0.4, -0.2) is 53.4 Å². The van der Waals surface area contributed by atoms with Crippen LogP contribution in [0.2, 0.25) is 0 Å². The highest BCUT2D eigenvalue weighted by molar-refractivity contribution is 6.20. The van der Waals surface area contributed by atoms with Crippen molar-refractivity contribution in [1.29, 1.82) is 0 Å². The number of non-ortho nitro benzene ring substituents is 1. The Kier molecular flexibility index (Phi) is 6.46. The summed E-state index contributed by atoms with van der Waals surface area (Å²) in [5.41, 5.74) is -0.0515.